The molecular formula is C19H19N7O. The number of nitrogens with zero attached hydrogens (tertiary/aromatic N) is 5. The van der Waals surface area contributed by atoms with E-state index in [1.807, 2.05) is 41.8 Å². The zero-order valence-corrected chi connectivity index (χ0v) is 14.8. The molecule has 0 atom stereocenters. The Morgan fingerprint density at radius 3 is 2.56 bits per heavy atom. The van der Waals surface area contributed by atoms with Gasteiger partial charge >= 0.3 is 0 Å². The highest BCUT2D eigenvalue weighted by molar-refractivity contribution is 5.77. The molecule has 0 unspecified atom stereocenters. The van der Waals surface area contributed by atoms with Crippen molar-refractivity contribution in [1.29, 1.82) is 0 Å². The van der Waals surface area contributed by atoms with Gasteiger partial charge in [0.2, 0.25) is 5.88 Å². The van der Waals surface area contributed by atoms with Crippen LogP contribution in [-0.4, -0.2) is 31.1 Å². The van der Waals surface area contributed by atoms with E-state index in [-0.39, 0.29) is 0 Å². The summed E-state index contributed by atoms with van der Waals surface area (Å²) in [6.45, 7) is 3.02. The average Bonchev–Trinajstić information content (AvgIpc) is 2.96. The molecule has 0 amide bonds. The van der Waals surface area contributed by atoms with Crippen molar-refractivity contribution >= 4 is 22.8 Å². The van der Waals surface area contributed by atoms with Gasteiger partial charge in [0, 0.05) is 17.8 Å². The Morgan fingerprint density at radius 2 is 1.81 bits per heavy atom. The molecule has 0 radical (unpaired) electrons. The van der Waals surface area contributed by atoms with Crippen LogP contribution in [0.3, 0.4) is 0 Å². The molecule has 4 aromatic heterocycles. The fourth-order valence-corrected chi connectivity index (χ4v) is 2.94. The zero-order valence-electron chi connectivity index (χ0n) is 14.8. The van der Waals surface area contributed by atoms with E-state index in [4.69, 9.17) is 21.2 Å². The Morgan fingerprint density at radius 1 is 1.00 bits per heavy atom. The summed E-state index contributed by atoms with van der Waals surface area (Å²) >= 11 is 0. The van der Waals surface area contributed by atoms with Crippen LogP contribution in [0.5, 0.6) is 5.88 Å². The predicted molar refractivity (Wildman–Crippen MR) is 104 cm³/mol. The minimum Gasteiger partial charge on any atom is -0.476 e. The molecule has 0 spiro atoms. The summed E-state index contributed by atoms with van der Waals surface area (Å²) in [7, 11) is 0. The van der Waals surface area contributed by atoms with Crippen LogP contribution in [0, 0.1) is 6.92 Å². The van der Waals surface area contributed by atoms with Crippen molar-refractivity contribution in [3.8, 4) is 17.1 Å². The molecule has 4 heterocycles. The number of hydrogen-bond acceptors (Lipinski definition) is 7. The van der Waals surface area contributed by atoms with E-state index in [0.717, 1.165) is 28.2 Å². The van der Waals surface area contributed by atoms with Gasteiger partial charge in [-0.25, -0.2) is 19.9 Å². The molecule has 0 aliphatic rings. The SMILES string of the molecule is Cc1nc2ccc(-c3cc(N)nc(N)c3)nc2n1CCOc1ccccn1. The number of nitrogens with two attached hydrogens (primary N) is 2. The first-order valence-corrected chi connectivity index (χ1v) is 8.51. The normalized spacial score (nSPS) is 11.0. The number of ether oxygens (including phenoxy) is 1. The standard InChI is InChI=1S/C19H19N7O/c1-12-23-15-6-5-14(13-10-16(20)25-17(21)11-13)24-19(15)26(12)8-9-27-18-4-2-3-7-22-18/h2-7,10-11H,8-9H2,1H3,(H4,20,21,25). The molecule has 4 rings (SSSR count). The van der Waals surface area contributed by atoms with Crippen LogP contribution < -0.4 is 16.2 Å². The Balaban J connectivity index is 1.63. The van der Waals surface area contributed by atoms with Gasteiger partial charge in [0.25, 0.3) is 0 Å². The number of hydrogen-bond donors (Lipinski definition) is 2. The first-order chi connectivity index (χ1) is 13.1. The van der Waals surface area contributed by atoms with E-state index in [1.54, 1.807) is 18.3 Å². The third-order valence-corrected chi connectivity index (χ3v) is 4.15. The summed E-state index contributed by atoms with van der Waals surface area (Å²) in [6.07, 6.45) is 1.70. The van der Waals surface area contributed by atoms with Gasteiger partial charge in [-0.3, -0.25) is 0 Å². The first kappa shape index (κ1) is 16.8. The number of pyridine rings is 3. The van der Waals surface area contributed by atoms with Crippen LogP contribution >= 0.6 is 0 Å². The monoisotopic (exact) mass is 361 g/mol. The van der Waals surface area contributed by atoms with Gasteiger partial charge in [0.05, 0.1) is 12.2 Å². The smallest absolute Gasteiger partial charge is 0.213 e. The molecule has 0 aliphatic heterocycles. The molecule has 0 fully saturated rings. The van der Waals surface area contributed by atoms with Gasteiger partial charge in [-0.2, -0.15) is 0 Å². The van der Waals surface area contributed by atoms with Crippen molar-refractivity contribution in [2.75, 3.05) is 18.1 Å². The molecule has 4 N–H and O–H groups in total. The minimum atomic E-state index is 0.361. The lowest BCUT2D eigenvalue weighted by Crippen LogP contribution is -2.10. The van der Waals surface area contributed by atoms with Gasteiger partial charge in [-0.1, -0.05) is 6.07 Å². The minimum absolute atomic E-state index is 0.361. The number of rotatable bonds is 5. The lowest BCUT2D eigenvalue weighted by Gasteiger charge is -2.09. The molecule has 0 bridgehead atoms. The highest BCUT2D eigenvalue weighted by Gasteiger charge is 2.11. The summed E-state index contributed by atoms with van der Waals surface area (Å²) in [4.78, 5) is 17.5. The van der Waals surface area contributed by atoms with Crippen molar-refractivity contribution in [3.05, 3.63) is 54.5 Å². The number of fused-ring (bicyclic) bond motifs is 1. The van der Waals surface area contributed by atoms with Crippen LogP contribution in [0.2, 0.25) is 0 Å². The van der Waals surface area contributed by atoms with Crippen LogP contribution in [-0.2, 0) is 6.54 Å². The van der Waals surface area contributed by atoms with E-state index in [2.05, 4.69) is 15.0 Å². The van der Waals surface area contributed by atoms with Crippen molar-refractivity contribution in [2.45, 2.75) is 13.5 Å². The molecule has 0 aliphatic carbocycles. The molecule has 136 valence electrons. The zero-order chi connectivity index (χ0) is 18.8. The summed E-state index contributed by atoms with van der Waals surface area (Å²) in [5.74, 6) is 2.18. The molecule has 0 saturated carbocycles. The van der Waals surface area contributed by atoms with Gasteiger partial charge < -0.3 is 20.8 Å². The van der Waals surface area contributed by atoms with Gasteiger partial charge in [-0.15, -0.1) is 0 Å². The largest absolute Gasteiger partial charge is 0.476 e. The number of nitrogen functional groups attached to an aromatic ring is 2. The number of aryl methyl sites for hydroxylation is 1. The molecule has 0 saturated heterocycles. The summed E-state index contributed by atoms with van der Waals surface area (Å²) in [6, 6.07) is 12.9. The van der Waals surface area contributed by atoms with E-state index in [9.17, 15) is 0 Å². The van der Waals surface area contributed by atoms with Gasteiger partial charge in [0.15, 0.2) is 5.65 Å². The van der Waals surface area contributed by atoms with E-state index >= 15 is 0 Å². The van der Waals surface area contributed by atoms with Crippen molar-refractivity contribution in [2.24, 2.45) is 0 Å². The molecule has 27 heavy (non-hydrogen) atoms. The molecule has 4 aromatic rings. The fraction of sp³-hybridized carbons (Fsp3) is 0.158. The average molecular weight is 361 g/mol. The Labute approximate surface area is 155 Å². The fourth-order valence-electron chi connectivity index (χ4n) is 2.94. The number of imidazole rings is 1. The maximum atomic E-state index is 5.81. The van der Waals surface area contributed by atoms with Crippen LogP contribution in [0.4, 0.5) is 11.6 Å². The lowest BCUT2D eigenvalue weighted by molar-refractivity contribution is 0.288. The molecule has 8 nitrogen and oxygen atoms in total. The Kier molecular flexibility index (Phi) is 4.29. The quantitative estimate of drug-likeness (QED) is 0.560. The van der Waals surface area contributed by atoms with Crippen molar-refractivity contribution < 1.29 is 4.74 Å². The van der Waals surface area contributed by atoms with Gasteiger partial charge in [0.1, 0.15) is 29.6 Å². The maximum Gasteiger partial charge on any atom is 0.213 e. The highest BCUT2D eigenvalue weighted by atomic mass is 16.5. The summed E-state index contributed by atoms with van der Waals surface area (Å²) < 4.78 is 7.72. The topological polar surface area (TPSA) is 118 Å². The first-order valence-electron chi connectivity index (χ1n) is 8.51. The van der Waals surface area contributed by atoms with Gasteiger partial charge in [-0.05, 0) is 37.3 Å². The second kappa shape index (κ2) is 6.91. The highest BCUT2D eigenvalue weighted by Crippen LogP contribution is 2.24. The number of anilines is 2. The Hall–Kier alpha value is -3.68. The Bertz CT molecular complexity index is 1070. The maximum absolute atomic E-state index is 5.81. The second-order valence-electron chi connectivity index (χ2n) is 6.07. The summed E-state index contributed by atoms with van der Waals surface area (Å²) in [5, 5.41) is 0. The van der Waals surface area contributed by atoms with E-state index < -0.39 is 0 Å². The molecule has 8 heteroatoms. The molecular weight excluding hydrogens is 342 g/mol. The summed E-state index contributed by atoms with van der Waals surface area (Å²) in [5.41, 5.74) is 14.8. The lowest BCUT2D eigenvalue weighted by atomic mass is 10.1. The number of aromatic nitrogens is 5. The van der Waals surface area contributed by atoms with Crippen LogP contribution in [0.25, 0.3) is 22.4 Å². The van der Waals surface area contributed by atoms with Crippen molar-refractivity contribution in [1.82, 2.24) is 24.5 Å². The third-order valence-electron chi connectivity index (χ3n) is 4.15. The second-order valence-corrected chi connectivity index (χ2v) is 6.07. The van der Waals surface area contributed by atoms with Crippen LogP contribution in [0.1, 0.15) is 5.82 Å². The van der Waals surface area contributed by atoms with E-state index in [0.29, 0.717) is 30.7 Å². The predicted octanol–water partition coefficient (Wildman–Crippen LogP) is 2.44. The van der Waals surface area contributed by atoms with Crippen LogP contribution in [0.15, 0.2) is 48.7 Å². The molecule has 0 aromatic carbocycles. The third kappa shape index (κ3) is 3.50. The van der Waals surface area contributed by atoms with Crippen molar-refractivity contribution in [3.63, 3.8) is 0 Å². The van der Waals surface area contributed by atoms with E-state index in [1.165, 1.54) is 0 Å².